The maximum atomic E-state index is 6.34. The molecule has 0 aliphatic carbocycles. The van der Waals surface area contributed by atoms with Crippen LogP contribution in [0.25, 0.3) is 22.4 Å². The summed E-state index contributed by atoms with van der Waals surface area (Å²) in [6, 6.07) is 29.8. The first-order valence-electron chi connectivity index (χ1n) is 13.1. The number of aromatic nitrogens is 2. The third-order valence-corrected chi connectivity index (χ3v) is 7.83. The molecule has 0 amide bonds. The zero-order valence-corrected chi connectivity index (χ0v) is 24.2. The van der Waals surface area contributed by atoms with Crippen LogP contribution in [0.4, 0.5) is 5.69 Å². The molecule has 4 nitrogen and oxygen atoms in total. The lowest BCUT2D eigenvalue weighted by Gasteiger charge is -2.29. The molecule has 38 heavy (non-hydrogen) atoms. The summed E-state index contributed by atoms with van der Waals surface area (Å²) in [7, 11) is 4.49. The van der Waals surface area contributed by atoms with E-state index >= 15 is 0 Å². The molecule has 4 aromatic carbocycles. The van der Waals surface area contributed by atoms with Crippen molar-refractivity contribution in [2.24, 2.45) is 0 Å². The number of halogens is 1. The molecule has 0 saturated heterocycles. The van der Waals surface area contributed by atoms with E-state index in [0.29, 0.717) is 6.61 Å². The maximum absolute atomic E-state index is 6.34. The van der Waals surface area contributed by atoms with Crippen LogP contribution in [0, 0.1) is 13.8 Å². The van der Waals surface area contributed by atoms with Crippen LogP contribution in [-0.2, 0) is 6.42 Å². The molecule has 194 valence electrons. The molecule has 0 aliphatic heterocycles. The number of para-hydroxylation sites is 1. The molecule has 0 bridgehead atoms. The minimum Gasteiger partial charge on any atom is -0.493 e. The predicted octanol–water partition coefficient (Wildman–Crippen LogP) is 8.24. The summed E-state index contributed by atoms with van der Waals surface area (Å²) in [5, 5.41) is 0. The van der Waals surface area contributed by atoms with Gasteiger partial charge in [0.1, 0.15) is 17.3 Å². The van der Waals surface area contributed by atoms with Gasteiger partial charge in [0.05, 0.1) is 38.3 Å². The van der Waals surface area contributed by atoms with Gasteiger partial charge in [-0.15, -0.1) is 0 Å². The predicted molar refractivity (Wildman–Crippen MR) is 163 cm³/mol. The molecule has 1 N–H and O–H groups in total. The zero-order chi connectivity index (χ0) is 26.7. The van der Waals surface area contributed by atoms with Crippen LogP contribution in [0.1, 0.15) is 28.7 Å². The van der Waals surface area contributed by atoms with E-state index in [-0.39, 0.29) is 0 Å². The summed E-state index contributed by atoms with van der Waals surface area (Å²) < 4.78 is 8.27. The molecule has 5 heteroatoms. The third kappa shape index (κ3) is 6.01. The fraction of sp³-hybridized carbons (Fsp3) is 0.242. The van der Waals surface area contributed by atoms with E-state index in [1.54, 1.807) is 0 Å². The van der Waals surface area contributed by atoms with Crippen LogP contribution in [0.15, 0.2) is 89.4 Å². The smallest absolute Gasteiger partial charge is 0.138 e. The Morgan fingerprint density at radius 1 is 0.842 bits per heavy atom. The largest absolute Gasteiger partial charge is 0.493 e. The average molecular weight is 570 g/mol. The van der Waals surface area contributed by atoms with Gasteiger partial charge in [0.2, 0.25) is 0 Å². The summed E-state index contributed by atoms with van der Waals surface area (Å²) in [5.41, 5.74) is 9.24. The van der Waals surface area contributed by atoms with Crippen molar-refractivity contribution in [1.82, 2.24) is 14.5 Å². The number of aryl methyl sites for hydroxylation is 2. The van der Waals surface area contributed by atoms with Gasteiger partial charge < -0.3 is 9.72 Å². The Labute approximate surface area is 234 Å². The first kappa shape index (κ1) is 26.2. The van der Waals surface area contributed by atoms with Crippen molar-refractivity contribution in [3.63, 3.8) is 0 Å². The number of hydrogen-bond acceptors (Lipinski definition) is 2. The summed E-state index contributed by atoms with van der Waals surface area (Å²) >= 11 is 3.72. The molecule has 5 rings (SSSR count). The Balaban J connectivity index is 1.41. The molecular weight excluding hydrogens is 534 g/mol. The van der Waals surface area contributed by atoms with Crippen LogP contribution in [-0.4, -0.2) is 37.2 Å². The normalized spacial score (nSPS) is 11.7. The minimum atomic E-state index is 0.659. The molecule has 0 saturated carbocycles. The number of rotatable bonds is 9. The quantitative estimate of drug-likeness (QED) is 0.143. The van der Waals surface area contributed by atoms with Gasteiger partial charge in [-0.3, -0.25) is 4.48 Å². The molecule has 0 unspecified atom stereocenters. The SMILES string of the molecule is Cc1cc(C)cc(-c2nc3c(Cc4ccccc4Br)cc(OCCC[N+](C)(C)c4ccccc4)cc3[nH]2)c1. The minimum absolute atomic E-state index is 0.659. The second-order valence-corrected chi connectivity index (χ2v) is 11.5. The fourth-order valence-corrected chi connectivity index (χ4v) is 5.51. The molecule has 1 heterocycles. The monoisotopic (exact) mass is 568 g/mol. The molecule has 0 aliphatic rings. The van der Waals surface area contributed by atoms with E-state index in [2.05, 4.69) is 128 Å². The highest BCUT2D eigenvalue weighted by Gasteiger charge is 2.18. The Hall–Kier alpha value is -3.41. The Bertz CT molecular complexity index is 1540. The van der Waals surface area contributed by atoms with Crippen molar-refractivity contribution in [3.05, 3.63) is 112 Å². The van der Waals surface area contributed by atoms with E-state index in [1.165, 1.54) is 22.4 Å². The number of H-pyrrole nitrogens is 1. The molecule has 0 atom stereocenters. The van der Waals surface area contributed by atoms with Crippen molar-refractivity contribution >= 4 is 32.7 Å². The van der Waals surface area contributed by atoms with Crippen molar-refractivity contribution in [1.29, 1.82) is 0 Å². The molecule has 0 radical (unpaired) electrons. The molecule has 0 fully saturated rings. The summed E-state index contributed by atoms with van der Waals surface area (Å²) in [5.74, 6) is 1.76. The third-order valence-electron chi connectivity index (χ3n) is 7.06. The first-order valence-corrected chi connectivity index (χ1v) is 13.9. The summed E-state index contributed by atoms with van der Waals surface area (Å²) in [6.45, 7) is 5.91. The second-order valence-electron chi connectivity index (χ2n) is 10.7. The van der Waals surface area contributed by atoms with Crippen molar-refractivity contribution in [2.75, 3.05) is 27.2 Å². The van der Waals surface area contributed by atoms with Gasteiger partial charge in [0.15, 0.2) is 0 Å². The van der Waals surface area contributed by atoms with Crippen LogP contribution in [0.2, 0.25) is 0 Å². The standard InChI is InChI=1S/C33H35BrN3O/c1-23-17-24(2)19-27(18-23)33-35-31-22-29(38-16-10-15-37(3,4)28-12-6-5-7-13-28)21-26(32(31)36-33)20-25-11-8-9-14-30(25)34/h5-9,11-14,17-19,21-22H,10,15-16,20H2,1-4H3,(H,35,36)/q+1. The van der Waals surface area contributed by atoms with Gasteiger partial charge in [0.25, 0.3) is 0 Å². The number of benzene rings is 4. The number of nitrogens with one attached hydrogen (secondary N) is 1. The van der Waals surface area contributed by atoms with E-state index in [0.717, 1.165) is 62.1 Å². The molecule has 0 spiro atoms. The van der Waals surface area contributed by atoms with Gasteiger partial charge in [-0.25, -0.2) is 4.98 Å². The van der Waals surface area contributed by atoms with E-state index < -0.39 is 0 Å². The van der Waals surface area contributed by atoms with Crippen molar-refractivity contribution < 1.29 is 4.74 Å². The van der Waals surface area contributed by atoms with Crippen molar-refractivity contribution in [3.8, 4) is 17.1 Å². The molecular formula is C33H35BrN3O+. The van der Waals surface area contributed by atoms with Crippen LogP contribution >= 0.6 is 15.9 Å². The number of fused-ring (bicyclic) bond motifs is 1. The van der Waals surface area contributed by atoms with Gasteiger partial charge >= 0.3 is 0 Å². The molecule has 1 aromatic heterocycles. The second kappa shape index (κ2) is 11.1. The van der Waals surface area contributed by atoms with Crippen molar-refractivity contribution in [2.45, 2.75) is 26.7 Å². The zero-order valence-electron chi connectivity index (χ0n) is 22.6. The highest BCUT2D eigenvalue weighted by atomic mass is 79.9. The Kier molecular flexibility index (Phi) is 7.68. The Morgan fingerprint density at radius 2 is 1.55 bits per heavy atom. The lowest BCUT2D eigenvalue weighted by atomic mass is 10.0. The topological polar surface area (TPSA) is 37.9 Å². The number of aromatic amines is 1. The fourth-order valence-electron chi connectivity index (χ4n) is 5.08. The highest BCUT2D eigenvalue weighted by molar-refractivity contribution is 9.10. The maximum Gasteiger partial charge on any atom is 0.138 e. The van der Waals surface area contributed by atoms with Gasteiger partial charge in [-0.2, -0.15) is 0 Å². The van der Waals surface area contributed by atoms with E-state index in [9.17, 15) is 0 Å². The van der Waals surface area contributed by atoms with Gasteiger partial charge in [0, 0.05) is 28.9 Å². The summed E-state index contributed by atoms with van der Waals surface area (Å²) in [4.78, 5) is 8.64. The lowest BCUT2D eigenvalue weighted by Crippen LogP contribution is -2.41. The van der Waals surface area contributed by atoms with Gasteiger partial charge in [-0.1, -0.05) is 69.5 Å². The number of quaternary nitrogens is 1. The van der Waals surface area contributed by atoms with Crippen LogP contribution in [0.5, 0.6) is 5.75 Å². The van der Waals surface area contributed by atoms with E-state index in [4.69, 9.17) is 9.72 Å². The molecule has 5 aromatic rings. The van der Waals surface area contributed by atoms with E-state index in [1.807, 2.05) is 6.07 Å². The Morgan fingerprint density at radius 3 is 2.29 bits per heavy atom. The van der Waals surface area contributed by atoms with Gasteiger partial charge in [-0.05, 0) is 61.4 Å². The summed E-state index contributed by atoms with van der Waals surface area (Å²) in [6.07, 6.45) is 1.72. The number of hydrogen-bond donors (Lipinski definition) is 1. The lowest BCUT2D eigenvalue weighted by molar-refractivity contribution is 0.281. The number of imidazole rings is 1. The number of ether oxygens (including phenoxy) is 1. The average Bonchev–Trinajstić information content (AvgIpc) is 3.33. The highest BCUT2D eigenvalue weighted by Crippen LogP contribution is 2.31. The number of nitrogens with zero attached hydrogens (tertiary/aromatic N) is 2. The van der Waals surface area contributed by atoms with Crippen LogP contribution < -0.4 is 9.22 Å². The first-order chi connectivity index (χ1) is 18.3. The van der Waals surface area contributed by atoms with Crippen LogP contribution in [0.3, 0.4) is 0 Å².